The molecule has 0 aliphatic heterocycles. The van der Waals surface area contributed by atoms with E-state index in [2.05, 4.69) is 10.3 Å². The van der Waals surface area contributed by atoms with Gasteiger partial charge in [0.2, 0.25) is 0 Å². The van der Waals surface area contributed by atoms with Gasteiger partial charge in [-0.05, 0) is 18.2 Å². The molecule has 1 aromatic heterocycles. The normalized spacial score (nSPS) is 10.1. The Hall–Kier alpha value is -1.91. The van der Waals surface area contributed by atoms with E-state index >= 15 is 0 Å². The summed E-state index contributed by atoms with van der Waals surface area (Å²) >= 11 is 5.93. The van der Waals surface area contributed by atoms with Crippen molar-refractivity contribution in [3.05, 3.63) is 58.9 Å². The third-order valence-corrected chi connectivity index (χ3v) is 2.78. The smallest absolute Gasteiger partial charge is 0.257 e. The minimum atomic E-state index is -0.330. The number of aliphatic hydroxyl groups is 1. The average molecular weight is 263 g/mol. The van der Waals surface area contributed by atoms with E-state index in [1.54, 1.807) is 36.5 Å². The first-order valence-corrected chi connectivity index (χ1v) is 5.70. The van der Waals surface area contributed by atoms with Crippen LogP contribution in [-0.2, 0) is 6.61 Å². The van der Waals surface area contributed by atoms with Crippen LogP contribution in [0, 0.1) is 0 Å². The van der Waals surface area contributed by atoms with Crippen molar-refractivity contribution in [2.45, 2.75) is 6.61 Å². The number of anilines is 1. The topological polar surface area (TPSA) is 62.2 Å². The third kappa shape index (κ3) is 2.67. The predicted molar refractivity (Wildman–Crippen MR) is 69.6 cm³/mol. The Bertz CT molecular complexity index is 572. The lowest BCUT2D eigenvalue weighted by Crippen LogP contribution is -2.14. The van der Waals surface area contributed by atoms with E-state index in [4.69, 9.17) is 16.7 Å². The Balaban J connectivity index is 2.24. The SMILES string of the molecule is O=C(Nc1cnccc1CO)c1ccccc1Cl. The lowest BCUT2D eigenvalue weighted by molar-refractivity contribution is 0.102. The zero-order chi connectivity index (χ0) is 13.0. The zero-order valence-corrected chi connectivity index (χ0v) is 10.2. The van der Waals surface area contributed by atoms with Gasteiger partial charge in [0.15, 0.2) is 0 Å². The molecular formula is C13H11ClN2O2. The summed E-state index contributed by atoms with van der Waals surface area (Å²) in [7, 11) is 0. The Morgan fingerprint density at radius 1 is 1.33 bits per heavy atom. The van der Waals surface area contributed by atoms with Crippen molar-refractivity contribution in [1.29, 1.82) is 0 Å². The van der Waals surface area contributed by atoms with Crippen LogP contribution in [0.1, 0.15) is 15.9 Å². The molecule has 0 unspecified atom stereocenters. The predicted octanol–water partition coefficient (Wildman–Crippen LogP) is 2.48. The van der Waals surface area contributed by atoms with Gasteiger partial charge >= 0.3 is 0 Å². The number of hydrogen-bond acceptors (Lipinski definition) is 3. The Morgan fingerprint density at radius 3 is 2.83 bits per heavy atom. The summed E-state index contributed by atoms with van der Waals surface area (Å²) in [6.45, 7) is -0.166. The van der Waals surface area contributed by atoms with Crippen molar-refractivity contribution in [2.75, 3.05) is 5.32 Å². The van der Waals surface area contributed by atoms with E-state index in [0.717, 1.165) is 0 Å². The lowest BCUT2D eigenvalue weighted by atomic mass is 10.2. The largest absolute Gasteiger partial charge is 0.392 e. The van der Waals surface area contributed by atoms with Crippen LogP contribution < -0.4 is 5.32 Å². The van der Waals surface area contributed by atoms with Crippen molar-refractivity contribution < 1.29 is 9.90 Å². The summed E-state index contributed by atoms with van der Waals surface area (Å²) < 4.78 is 0. The summed E-state index contributed by atoms with van der Waals surface area (Å²) in [5.41, 5.74) is 1.46. The highest BCUT2D eigenvalue weighted by Gasteiger charge is 2.11. The number of aliphatic hydroxyl groups excluding tert-OH is 1. The molecular weight excluding hydrogens is 252 g/mol. The third-order valence-electron chi connectivity index (χ3n) is 2.45. The van der Waals surface area contributed by atoms with Crippen LogP contribution in [0.3, 0.4) is 0 Å². The fourth-order valence-electron chi connectivity index (χ4n) is 1.51. The zero-order valence-electron chi connectivity index (χ0n) is 9.43. The number of carbonyl (C=O) groups is 1. The highest BCUT2D eigenvalue weighted by Crippen LogP contribution is 2.18. The van der Waals surface area contributed by atoms with E-state index in [1.807, 2.05) is 0 Å². The Kier molecular flexibility index (Phi) is 3.92. The van der Waals surface area contributed by atoms with Gasteiger partial charge in [0.05, 0.1) is 29.1 Å². The van der Waals surface area contributed by atoms with Gasteiger partial charge in [-0.1, -0.05) is 23.7 Å². The molecule has 0 aliphatic rings. The van der Waals surface area contributed by atoms with Crippen LogP contribution in [0.25, 0.3) is 0 Å². The molecule has 2 aromatic rings. The fraction of sp³-hybridized carbons (Fsp3) is 0.0769. The number of rotatable bonds is 3. The quantitative estimate of drug-likeness (QED) is 0.893. The number of nitrogens with one attached hydrogen (secondary N) is 1. The molecule has 0 bridgehead atoms. The molecule has 4 nitrogen and oxygen atoms in total. The summed E-state index contributed by atoms with van der Waals surface area (Å²) in [6.07, 6.45) is 3.04. The summed E-state index contributed by atoms with van der Waals surface area (Å²) in [6, 6.07) is 8.40. The molecule has 0 radical (unpaired) electrons. The second-order valence-electron chi connectivity index (χ2n) is 3.62. The molecule has 1 aromatic carbocycles. The number of aromatic nitrogens is 1. The monoisotopic (exact) mass is 262 g/mol. The van der Waals surface area contributed by atoms with E-state index in [-0.39, 0.29) is 12.5 Å². The second-order valence-corrected chi connectivity index (χ2v) is 4.03. The average Bonchev–Trinajstić information content (AvgIpc) is 2.39. The van der Waals surface area contributed by atoms with Crippen LogP contribution in [0.4, 0.5) is 5.69 Å². The first-order chi connectivity index (χ1) is 8.72. The van der Waals surface area contributed by atoms with Crippen molar-refractivity contribution in [3.8, 4) is 0 Å². The van der Waals surface area contributed by atoms with E-state index in [1.165, 1.54) is 6.20 Å². The molecule has 1 amide bonds. The highest BCUT2D eigenvalue weighted by atomic mass is 35.5. The maximum atomic E-state index is 12.0. The van der Waals surface area contributed by atoms with Gasteiger partial charge in [-0.25, -0.2) is 0 Å². The minimum absolute atomic E-state index is 0.166. The molecule has 5 heteroatoms. The molecule has 92 valence electrons. The standard InChI is InChI=1S/C13H11ClN2O2/c14-11-4-2-1-3-10(11)13(18)16-12-7-15-6-5-9(12)8-17/h1-7,17H,8H2,(H,16,18). The van der Waals surface area contributed by atoms with Crippen LogP contribution >= 0.6 is 11.6 Å². The van der Waals surface area contributed by atoms with Gasteiger partial charge in [-0.15, -0.1) is 0 Å². The van der Waals surface area contributed by atoms with Crippen LogP contribution in [-0.4, -0.2) is 16.0 Å². The van der Waals surface area contributed by atoms with Gasteiger partial charge in [0.25, 0.3) is 5.91 Å². The van der Waals surface area contributed by atoms with Gasteiger partial charge in [0.1, 0.15) is 0 Å². The van der Waals surface area contributed by atoms with Gasteiger partial charge in [-0.2, -0.15) is 0 Å². The van der Waals surface area contributed by atoms with E-state index in [0.29, 0.717) is 21.8 Å². The molecule has 0 aliphatic carbocycles. The Labute approximate surface area is 109 Å². The molecule has 1 heterocycles. The molecule has 0 saturated carbocycles. The number of halogens is 1. The number of benzene rings is 1. The number of pyridine rings is 1. The first-order valence-electron chi connectivity index (χ1n) is 5.32. The van der Waals surface area contributed by atoms with Crippen LogP contribution in [0.2, 0.25) is 5.02 Å². The molecule has 18 heavy (non-hydrogen) atoms. The number of carbonyl (C=O) groups excluding carboxylic acids is 1. The van der Waals surface area contributed by atoms with Crippen molar-refractivity contribution >= 4 is 23.2 Å². The summed E-state index contributed by atoms with van der Waals surface area (Å²) in [4.78, 5) is 15.9. The van der Waals surface area contributed by atoms with Gasteiger partial charge in [-0.3, -0.25) is 9.78 Å². The molecule has 2 N–H and O–H groups in total. The number of amides is 1. The maximum Gasteiger partial charge on any atom is 0.257 e. The van der Waals surface area contributed by atoms with Gasteiger partial charge in [0, 0.05) is 11.8 Å². The van der Waals surface area contributed by atoms with E-state index < -0.39 is 0 Å². The molecule has 0 saturated heterocycles. The van der Waals surface area contributed by atoms with Crippen LogP contribution in [0.5, 0.6) is 0 Å². The molecule has 0 fully saturated rings. The summed E-state index contributed by atoms with van der Waals surface area (Å²) in [5.74, 6) is -0.330. The van der Waals surface area contributed by atoms with E-state index in [9.17, 15) is 4.79 Å². The highest BCUT2D eigenvalue weighted by molar-refractivity contribution is 6.34. The maximum absolute atomic E-state index is 12.0. The first kappa shape index (κ1) is 12.5. The molecule has 0 spiro atoms. The summed E-state index contributed by atoms with van der Waals surface area (Å²) in [5, 5.41) is 12.2. The fourth-order valence-corrected chi connectivity index (χ4v) is 1.73. The number of nitrogens with zero attached hydrogens (tertiary/aromatic N) is 1. The van der Waals surface area contributed by atoms with Gasteiger partial charge < -0.3 is 10.4 Å². The molecule has 0 atom stereocenters. The lowest BCUT2D eigenvalue weighted by Gasteiger charge is -2.09. The van der Waals surface area contributed by atoms with Crippen molar-refractivity contribution in [2.24, 2.45) is 0 Å². The molecule has 2 rings (SSSR count). The second kappa shape index (κ2) is 5.62. The minimum Gasteiger partial charge on any atom is -0.392 e. The van der Waals surface area contributed by atoms with Crippen LogP contribution in [0.15, 0.2) is 42.7 Å². The van der Waals surface area contributed by atoms with Crippen molar-refractivity contribution in [1.82, 2.24) is 4.98 Å². The van der Waals surface area contributed by atoms with Crippen molar-refractivity contribution in [3.63, 3.8) is 0 Å². The number of hydrogen-bond donors (Lipinski definition) is 2. The Morgan fingerprint density at radius 2 is 2.11 bits per heavy atom.